The zero-order chi connectivity index (χ0) is 12.3. The largest absolute Gasteiger partial charge is 0.249 e. The number of sulfonamides is 1. The summed E-state index contributed by atoms with van der Waals surface area (Å²) >= 11 is 1.36. The number of thiazole rings is 1. The summed E-state index contributed by atoms with van der Waals surface area (Å²) in [6, 6.07) is 0. The molecule has 2 aromatic rings. The van der Waals surface area contributed by atoms with Crippen molar-refractivity contribution >= 4 is 21.4 Å². The lowest BCUT2D eigenvalue weighted by Gasteiger charge is -2.02. The molecule has 2 aromatic heterocycles. The van der Waals surface area contributed by atoms with E-state index in [0.29, 0.717) is 17.1 Å². The van der Waals surface area contributed by atoms with E-state index in [0.717, 1.165) is 0 Å². The summed E-state index contributed by atoms with van der Waals surface area (Å²) in [7, 11) is -3.41. The summed E-state index contributed by atoms with van der Waals surface area (Å²) in [6.45, 7) is 1.77. The molecule has 0 radical (unpaired) electrons. The summed E-state index contributed by atoms with van der Waals surface area (Å²) in [5.74, 6) is -0.138. The van der Waals surface area contributed by atoms with Gasteiger partial charge in [0.1, 0.15) is 17.1 Å². The highest BCUT2D eigenvalue weighted by atomic mass is 32.2. The summed E-state index contributed by atoms with van der Waals surface area (Å²) in [5, 5.41) is 8.85. The van der Waals surface area contributed by atoms with Crippen LogP contribution in [0.15, 0.2) is 15.5 Å². The molecule has 17 heavy (non-hydrogen) atoms. The number of aryl methyl sites for hydroxylation is 1. The zero-order valence-electron chi connectivity index (χ0n) is 8.95. The van der Waals surface area contributed by atoms with Gasteiger partial charge in [-0.15, -0.1) is 11.3 Å². The van der Waals surface area contributed by atoms with Gasteiger partial charge in [0.25, 0.3) is 0 Å². The van der Waals surface area contributed by atoms with Crippen LogP contribution in [-0.4, -0.2) is 23.7 Å². The van der Waals surface area contributed by atoms with E-state index in [2.05, 4.69) is 24.6 Å². The molecule has 0 amide bonds. The lowest BCUT2D eigenvalue weighted by atomic mass is 10.3. The van der Waals surface area contributed by atoms with E-state index in [1.807, 2.05) is 0 Å². The van der Waals surface area contributed by atoms with Crippen molar-refractivity contribution in [1.82, 2.24) is 20.0 Å². The maximum atomic E-state index is 11.7. The summed E-state index contributed by atoms with van der Waals surface area (Å²) < 4.78 is 30.2. The van der Waals surface area contributed by atoms with Crippen molar-refractivity contribution in [2.45, 2.75) is 19.2 Å². The van der Waals surface area contributed by atoms with Crippen LogP contribution in [0.5, 0.6) is 0 Å². The van der Waals surface area contributed by atoms with Gasteiger partial charge >= 0.3 is 0 Å². The molecule has 0 aliphatic heterocycles. The average Bonchev–Trinajstić information content (AvgIpc) is 2.87. The molecule has 0 unspecified atom stereocenters. The molecule has 7 nitrogen and oxygen atoms in total. The highest BCUT2D eigenvalue weighted by Gasteiger charge is 2.14. The number of hydrogen-bond donors (Lipinski definition) is 1. The van der Waals surface area contributed by atoms with Gasteiger partial charge in [0.05, 0.1) is 17.7 Å². The molecule has 9 heteroatoms. The standard InChI is InChI=1S/C8H10N4O3S2/c1-6-8(12-15-11-6)2-10-17(13,14)4-7-3-16-5-9-7/h3,5,10H,2,4H2,1H3. The van der Waals surface area contributed by atoms with Crippen LogP contribution in [0, 0.1) is 6.92 Å². The van der Waals surface area contributed by atoms with Crippen molar-refractivity contribution in [2.24, 2.45) is 0 Å². The predicted molar refractivity (Wildman–Crippen MR) is 60.6 cm³/mol. The normalized spacial score (nSPS) is 11.8. The molecule has 0 saturated heterocycles. The Hall–Kier alpha value is -1.32. The van der Waals surface area contributed by atoms with E-state index in [-0.39, 0.29) is 12.3 Å². The smallest absolute Gasteiger partial charge is 0.217 e. The molecule has 0 bridgehead atoms. The first-order valence-electron chi connectivity index (χ1n) is 4.69. The van der Waals surface area contributed by atoms with Crippen molar-refractivity contribution in [3.05, 3.63) is 28.0 Å². The van der Waals surface area contributed by atoms with Gasteiger partial charge in [0.15, 0.2) is 0 Å². The molecule has 0 aliphatic carbocycles. The Kier molecular flexibility index (Phi) is 3.50. The second-order valence-corrected chi connectivity index (χ2v) is 5.88. The van der Waals surface area contributed by atoms with E-state index >= 15 is 0 Å². The van der Waals surface area contributed by atoms with Gasteiger partial charge in [-0.2, -0.15) is 0 Å². The Morgan fingerprint density at radius 1 is 1.47 bits per heavy atom. The van der Waals surface area contributed by atoms with Gasteiger partial charge < -0.3 is 0 Å². The van der Waals surface area contributed by atoms with Crippen LogP contribution in [-0.2, 0) is 22.3 Å². The first-order valence-corrected chi connectivity index (χ1v) is 7.29. The lowest BCUT2D eigenvalue weighted by Crippen LogP contribution is -2.25. The topological polar surface area (TPSA) is 98.0 Å². The van der Waals surface area contributed by atoms with Crippen LogP contribution in [0.1, 0.15) is 17.1 Å². The van der Waals surface area contributed by atoms with Gasteiger partial charge in [-0.1, -0.05) is 10.3 Å². The zero-order valence-corrected chi connectivity index (χ0v) is 10.6. The first-order chi connectivity index (χ1) is 8.07. The maximum absolute atomic E-state index is 11.7. The Morgan fingerprint density at radius 2 is 2.29 bits per heavy atom. The van der Waals surface area contributed by atoms with Crippen LogP contribution in [0.3, 0.4) is 0 Å². The van der Waals surface area contributed by atoms with E-state index in [9.17, 15) is 8.42 Å². The van der Waals surface area contributed by atoms with Crippen LogP contribution < -0.4 is 4.72 Å². The van der Waals surface area contributed by atoms with Crippen molar-refractivity contribution in [3.63, 3.8) is 0 Å². The summed E-state index contributed by atoms with van der Waals surface area (Å²) in [4.78, 5) is 3.92. The molecule has 0 fully saturated rings. The average molecular weight is 274 g/mol. The Balaban J connectivity index is 1.96. The van der Waals surface area contributed by atoms with Gasteiger partial charge in [-0.05, 0) is 6.92 Å². The van der Waals surface area contributed by atoms with Crippen molar-refractivity contribution < 1.29 is 13.0 Å². The quantitative estimate of drug-likeness (QED) is 0.850. The maximum Gasteiger partial charge on any atom is 0.217 e. The van der Waals surface area contributed by atoms with Crippen LogP contribution in [0.4, 0.5) is 0 Å². The van der Waals surface area contributed by atoms with Gasteiger partial charge in [-0.25, -0.2) is 22.8 Å². The fraction of sp³-hybridized carbons (Fsp3) is 0.375. The highest BCUT2D eigenvalue weighted by molar-refractivity contribution is 7.88. The molecule has 2 heterocycles. The molecule has 0 aromatic carbocycles. The minimum Gasteiger partial charge on any atom is -0.249 e. The summed E-state index contributed by atoms with van der Waals surface area (Å²) in [5.41, 5.74) is 3.17. The third-order valence-corrected chi connectivity index (χ3v) is 3.92. The van der Waals surface area contributed by atoms with Crippen molar-refractivity contribution in [2.75, 3.05) is 0 Å². The fourth-order valence-corrected chi connectivity index (χ4v) is 2.81. The number of nitrogens with one attached hydrogen (secondary N) is 1. The molecular formula is C8H10N4O3S2. The summed E-state index contributed by atoms with van der Waals surface area (Å²) in [6.07, 6.45) is 0. The third-order valence-electron chi connectivity index (χ3n) is 2.03. The first kappa shape index (κ1) is 12.1. The molecule has 0 spiro atoms. The monoisotopic (exact) mass is 274 g/mol. The van der Waals surface area contributed by atoms with Crippen molar-refractivity contribution in [1.29, 1.82) is 0 Å². The van der Waals surface area contributed by atoms with Gasteiger partial charge in [0, 0.05) is 5.38 Å². The predicted octanol–water partition coefficient (Wildman–Crippen LogP) is 0.454. The Bertz CT molecular complexity index is 576. The van der Waals surface area contributed by atoms with Gasteiger partial charge in [-0.3, -0.25) is 0 Å². The Labute approximate surface area is 102 Å². The molecule has 0 saturated carbocycles. The number of nitrogens with zero attached hydrogens (tertiary/aromatic N) is 3. The molecule has 2 rings (SSSR count). The second kappa shape index (κ2) is 4.90. The minimum atomic E-state index is -3.41. The minimum absolute atomic E-state index is 0.0712. The van der Waals surface area contributed by atoms with E-state index in [1.54, 1.807) is 17.8 Å². The molecule has 0 aliphatic rings. The number of aromatic nitrogens is 3. The van der Waals surface area contributed by atoms with Gasteiger partial charge in [0.2, 0.25) is 10.0 Å². The Morgan fingerprint density at radius 3 is 2.88 bits per heavy atom. The molecule has 92 valence electrons. The van der Waals surface area contributed by atoms with Crippen LogP contribution in [0.2, 0.25) is 0 Å². The molecule has 1 N–H and O–H groups in total. The number of rotatable bonds is 5. The molecular weight excluding hydrogens is 264 g/mol. The lowest BCUT2D eigenvalue weighted by molar-refractivity contribution is 0.301. The highest BCUT2D eigenvalue weighted by Crippen LogP contribution is 2.06. The van der Waals surface area contributed by atoms with E-state index in [4.69, 9.17) is 0 Å². The number of hydrogen-bond acceptors (Lipinski definition) is 7. The van der Waals surface area contributed by atoms with Crippen LogP contribution in [0.25, 0.3) is 0 Å². The molecule has 0 atom stereocenters. The van der Waals surface area contributed by atoms with Crippen LogP contribution >= 0.6 is 11.3 Å². The second-order valence-electron chi connectivity index (χ2n) is 3.36. The van der Waals surface area contributed by atoms with E-state index in [1.165, 1.54) is 11.3 Å². The third kappa shape index (κ3) is 3.32. The van der Waals surface area contributed by atoms with E-state index < -0.39 is 10.0 Å². The SMILES string of the molecule is Cc1nonc1CNS(=O)(=O)Cc1cscn1. The van der Waals surface area contributed by atoms with Crippen molar-refractivity contribution in [3.8, 4) is 0 Å². The fourth-order valence-electron chi connectivity index (χ4n) is 1.14.